The molecule has 0 N–H and O–H groups in total. The van der Waals surface area contributed by atoms with Crippen molar-refractivity contribution in [3.63, 3.8) is 0 Å². The summed E-state index contributed by atoms with van der Waals surface area (Å²) in [5.41, 5.74) is 3.36. The first-order valence-corrected chi connectivity index (χ1v) is 8.41. The normalized spacial score (nSPS) is 13.3. The van der Waals surface area contributed by atoms with E-state index in [2.05, 4.69) is 9.89 Å². The number of para-hydroxylation sites is 1. The van der Waals surface area contributed by atoms with Crippen LogP contribution in [0.15, 0.2) is 53.7 Å². The fourth-order valence-corrected chi connectivity index (χ4v) is 2.88. The Labute approximate surface area is 152 Å². The van der Waals surface area contributed by atoms with Gasteiger partial charge in [-0.1, -0.05) is 35.5 Å². The van der Waals surface area contributed by atoms with Crippen LogP contribution < -0.4 is 4.90 Å². The molecule has 2 aromatic carbocycles. The molecule has 0 radical (unpaired) electrons. The van der Waals surface area contributed by atoms with E-state index in [0.717, 1.165) is 24.1 Å². The maximum absolute atomic E-state index is 12.4. The Kier molecular flexibility index (Phi) is 5.63. The van der Waals surface area contributed by atoms with Gasteiger partial charge in [0, 0.05) is 12.2 Å². The molecule has 0 fully saturated rings. The number of aryl methyl sites for hydroxylation is 1. The molecular formula is C20H20N2O4. The number of amides is 1. The second-order valence-electron chi connectivity index (χ2n) is 5.90. The third-order valence-electron chi connectivity index (χ3n) is 4.21. The second kappa shape index (κ2) is 8.29. The number of benzene rings is 2. The number of esters is 1. The van der Waals surface area contributed by atoms with Gasteiger partial charge in [0.05, 0.1) is 18.9 Å². The molecule has 1 amide bonds. The number of anilines is 1. The Hall–Kier alpha value is -3.15. The number of methoxy groups -OCH3 is 1. The number of rotatable bonds is 5. The van der Waals surface area contributed by atoms with Crippen LogP contribution in [0.5, 0.6) is 0 Å². The van der Waals surface area contributed by atoms with E-state index in [1.54, 1.807) is 29.2 Å². The zero-order valence-corrected chi connectivity index (χ0v) is 14.6. The van der Waals surface area contributed by atoms with Crippen LogP contribution in [0, 0.1) is 0 Å². The molecule has 0 aromatic heterocycles. The van der Waals surface area contributed by atoms with Crippen LogP contribution in [0.1, 0.15) is 27.9 Å². The topological polar surface area (TPSA) is 68.2 Å². The Bertz CT molecular complexity index is 815. The van der Waals surface area contributed by atoms with Crippen LogP contribution in [-0.4, -0.2) is 38.4 Å². The molecule has 0 bridgehead atoms. The average Bonchev–Trinajstić information content (AvgIpc) is 2.70. The van der Waals surface area contributed by atoms with Gasteiger partial charge < -0.3 is 14.5 Å². The Morgan fingerprint density at radius 2 is 1.92 bits per heavy atom. The minimum atomic E-state index is -0.392. The lowest BCUT2D eigenvalue weighted by atomic mass is 10.0. The predicted molar refractivity (Wildman–Crippen MR) is 98.4 cm³/mol. The summed E-state index contributed by atoms with van der Waals surface area (Å²) in [6.07, 6.45) is 3.43. The van der Waals surface area contributed by atoms with Gasteiger partial charge >= 0.3 is 5.97 Å². The van der Waals surface area contributed by atoms with Crippen molar-refractivity contribution in [2.75, 3.05) is 25.2 Å². The van der Waals surface area contributed by atoms with E-state index >= 15 is 0 Å². The summed E-state index contributed by atoms with van der Waals surface area (Å²) in [4.78, 5) is 30.7. The van der Waals surface area contributed by atoms with Gasteiger partial charge in [-0.15, -0.1) is 0 Å². The maximum Gasteiger partial charge on any atom is 0.337 e. The quantitative estimate of drug-likeness (QED) is 0.471. The number of fused-ring (bicyclic) bond motifs is 1. The molecule has 1 aliphatic heterocycles. The van der Waals surface area contributed by atoms with E-state index < -0.39 is 5.97 Å². The van der Waals surface area contributed by atoms with E-state index in [4.69, 9.17) is 4.84 Å². The maximum atomic E-state index is 12.4. The monoisotopic (exact) mass is 352 g/mol. The van der Waals surface area contributed by atoms with Crippen molar-refractivity contribution in [1.82, 2.24) is 0 Å². The minimum Gasteiger partial charge on any atom is -0.465 e. The molecule has 2 aromatic rings. The SMILES string of the molecule is COC(=O)c1ccc(/C=N/OCC(=O)N2CCCc3ccccc32)cc1. The third-order valence-corrected chi connectivity index (χ3v) is 4.21. The summed E-state index contributed by atoms with van der Waals surface area (Å²) in [6.45, 7) is 0.572. The second-order valence-corrected chi connectivity index (χ2v) is 5.90. The molecule has 0 spiro atoms. The minimum absolute atomic E-state index is 0.115. The number of nitrogens with zero attached hydrogens (tertiary/aromatic N) is 2. The molecular weight excluding hydrogens is 332 g/mol. The molecule has 1 aliphatic rings. The predicted octanol–water partition coefficient (Wildman–Crippen LogP) is 2.80. The Balaban J connectivity index is 1.54. The number of oxime groups is 1. The van der Waals surface area contributed by atoms with Crippen LogP contribution in [0.2, 0.25) is 0 Å². The molecule has 1 heterocycles. The number of carbonyl (C=O) groups excluding carboxylic acids is 2. The first-order valence-electron chi connectivity index (χ1n) is 8.41. The van der Waals surface area contributed by atoms with E-state index in [1.807, 2.05) is 24.3 Å². The van der Waals surface area contributed by atoms with Crippen molar-refractivity contribution < 1.29 is 19.2 Å². The largest absolute Gasteiger partial charge is 0.465 e. The summed E-state index contributed by atoms with van der Waals surface area (Å²) < 4.78 is 4.64. The fourth-order valence-electron chi connectivity index (χ4n) is 2.88. The molecule has 0 saturated heterocycles. The summed E-state index contributed by atoms with van der Waals surface area (Å²) in [5, 5.41) is 3.84. The van der Waals surface area contributed by atoms with Gasteiger partial charge in [-0.2, -0.15) is 0 Å². The van der Waals surface area contributed by atoms with Gasteiger partial charge in [-0.25, -0.2) is 4.79 Å². The lowest BCUT2D eigenvalue weighted by Crippen LogP contribution is -2.37. The molecule has 6 heteroatoms. The standard InChI is InChI=1S/C20H20N2O4/c1-25-20(24)17-10-8-15(9-11-17)13-21-26-14-19(23)22-12-4-6-16-5-2-3-7-18(16)22/h2-3,5,7-11,13H,4,6,12,14H2,1H3/b21-13+. The van der Waals surface area contributed by atoms with E-state index in [1.165, 1.54) is 18.9 Å². The first-order chi connectivity index (χ1) is 12.7. The summed E-state index contributed by atoms with van der Waals surface area (Å²) in [6, 6.07) is 14.7. The van der Waals surface area contributed by atoms with Crippen molar-refractivity contribution in [2.24, 2.45) is 5.16 Å². The number of hydrogen-bond donors (Lipinski definition) is 0. The number of hydrogen-bond acceptors (Lipinski definition) is 5. The van der Waals surface area contributed by atoms with Gasteiger partial charge in [-0.05, 0) is 42.2 Å². The Morgan fingerprint density at radius 3 is 2.69 bits per heavy atom. The van der Waals surface area contributed by atoms with E-state index in [0.29, 0.717) is 12.1 Å². The highest BCUT2D eigenvalue weighted by atomic mass is 16.6. The van der Waals surface area contributed by atoms with Crippen molar-refractivity contribution >= 4 is 23.8 Å². The first kappa shape index (κ1) is 17.7. The van der Waals surface area contributed by atoms with Gasteiger partial charge in [0.25, 0.3) is 5.91 Å². The summed E-state index contributed by atoms with van der Waals surface area (Å²) in [5.74, 6) is -0.507. The molecule has 0 saturated carbocycles. The third kappa shape index (κ3) is 4.08. The zero-order chi connectivity index (χ0) is 18.4. The van der Waals surface area contributed by atoms with Crippen molar-refractivity contribution in [3.05, 3.63) is 65.2 Å². The molecule has 0 atom stereocenters. The lowest BCUT2D eigenvalue weighted by Gasteiger charge is -2.28. The van der Waals surface area contributed by atoms with Crippen LogP contribution in [0.3, 0.4) is 0 Å². The Morgan fingerprint density at radius 1 is 1.15 bits per heavy atom. The van der Waals surface area contributed by atoms with Crippen LogP contribution >= 0.6 is 0 Å². The van der Waals surface area contributed by atoms with Gasteiger partial charge in [0.1, 0.15) is 0 Å². The smallest absolute Gasteiger partial charge is 0.337 e. The highest BCUT2D eigenvalue weighted by molar-refractivity contribution is 5.95. The van der Waals surface area contributed by atoms with Crippen LogP contribution in [0.4, 0.5) is 5.69 Å². The van der Waals surface area contributed by atoms with Crippen LogP contribution in [-0.2, 0) is 20.8 Å². The molecule has 3 rings (SSSR count). The molecule has 0 unspecified atom stereocenters. The average molecular weight is 352 g/mol. The molecule has 6 nitrogen and oxygen atoms in total. The van der Waals surface area contributed by atoms with Gasteiger partial charge in [-0.3, -0.25) is 4.79 Å². The molecule has 26 heavy (non-hydrogen) atoms. The summed E-state index contributed by atoms with van der Waals surface area (Å²) >= 11 is 0. The number of ether oxygens (including phenoxy) is 1. The zero-order valence-electron chi connectivity index (χ0n) is 14.6. The van der Waals surface area contributed by atoms with E-state index in [-0.39, 0.29) is 12.5 Å². The van der Waals surface area contributed by atoms with Crippen molar-refractivity contribution in [1.29, 1.82) is 0 Å². The highest BCUT2D eigenvalue weighted by Crippen LogP contribution is 2.26. The van der Waals surface area contributed by atoms with Crippen LogP contribution in [0.25, 0.3) is 0 Å². The van der Waals surface area contributed by atoms with Crippen molar-refractivity contribution in [3.8, 4) is 0 Å². The molecule has 0 aliphatic carbocycles. The highest BCUT2D eigenvalue weighted by Gasteiger charge is 2.22. The van der Waals surface area contributed by atoms with Gasteiger partial charge in [0.2, 0.25) is 0 Å². The lowest BCUT2D eigenvalue weighted by molar-refractivity contribution is -0.123. The van der Waals surface area contributed by atoms with E-state index in [9.17, 15) is 9.59 Å². The number of carbonyl (C=O) groups is 2. The summed E-state index contributed by atoms with van der Waals surface area (Å²) in [7, 11) is 1.34. The van der Waals surface area contributed by atoms with Gasteiger partial charge in [0.15, 0.2) is 6.61 Å². The van der Waals surface area contributed by atoms with Crippen molar-refractivity contribution in [2.45, 2.75) is 12.8 Å². The fraction of sp³-hybridized carbons (Fsp3) is 0.250. The molecule has 134 valence electrons.